The van der Waals surface area contributed by atoms with Gasteiger partial charge in [0.1, 0.15) is 6.10 Å². The van der Waals surface area contributed by atoms with Crippen LogP contribution in [-0.2, 0) is 35.4 Å². The summed E-state index contributed by atoms with van der Waals surface area (Å²) < 4.78 is 46.2. The van der Waals surface area contributed by atoms with Gasteiger partial charge in [-0.2, -0.15) is 4.31 Å². The van der Waals surface area contributed by atoms with Gasteiger partial charge >= 0.3 is 5.97 Å². The fourth-order valence-electron chi connectivity index (χ4n) is 6.42. The molecule has 40 heavy (non-hydrogen) atoms. The topological polar surface area (TPSA) is 102 Å². The number of hydrogen-bond donors (Lipinski definition) is 1. The van der Waals surface area contributed by atoms with Gasteiger partial charge < -0.3 is 19.3 Å². The second-order valence-electron chi connectivity index (χ2n) is 12.1. The number of aryl methyl sites for hydroxylation is 1. The molecule has 3 aliphatic rings. The summed E-state index contributed by atoms with van der Waals surface area (Å²) in [5.74, 6) is -0.289. The quantitative estimate of drug-likeness (QED) is 0.387. The number of aliphatic hydroxyl groups excluding tert-OH is 1. The SMILES string of the molecule is Cc1ccc(S(=O)(=O)N(CC(C)C)C[C@@H](O)[C@@H](CC(=O)OC2C3COC4OCC2C4C3)Cc2ccccc2)cc1. The van der Waals surface area contributed by atoms with E-state index in [1.807, 2.05) is 51.1 Å². The number of ether oxygens (including phenoxy) is 3. The highest BCUT2D eigenvalue weighted by Gasteiger charge is 2.56. The number of aliphatic hydroxyl groups is 1. The van der Waals surface area contributed by atoms with Gasteiger partial charge in [0.2, 0.25) is 10.0 Å². The molecule has 2 bridgehead atoms. The van der Waals surface area contributed by atoms with E-state index >= 15 is 0 Å². The van der Waals surface area contributed by atoms with Crippen molar-refractivity contribution >= 4 is 16.0 Å². The Balaban J connectivity index is 1.33. The molecular formula is C31H41NO7S. The maximum atomic E-state index is 13.6. The van der Waals surface area contributed by atoms with Crippen molar-refractivity contribution in [3.63, 3.8) is 0 Å². The summed E-state index contributed by atoms with van der Waals surface area (Å²) in [5.41, 5.74) is 1.93. The molecule has 1 N–H and O–H groups in total. The fraction of sp³-hybridized carbons (Fsp3) is 0.581. The van der Waals surface area contributed by atoms with Crippen molar-refractivity contribution in [3.8, 4) is 0 Å². The average molecular weight is 572 g/mol. The van der Waals surface area contributed by atoms with Crippen LogP contribution < -0.4 is 0 Å². The summed E-state index contributed by atoms with van der Waals surface area (Å²) in [6, 6.07) is 16.4. The van der Waals surface area contributed by atoms with Gasteiger partial charge in [-0.3, -0.25) is 4.79 Å². The molecule has 0 aromatic heterocycles. The van der Waals surface area contributed by atoms with Crippen LogP contribution in [0.1, 0.15) is 37.8 Å². The maximum absolute atomic E-state index is 13.6. The molecule has 2 saturated heterocycles. The van der Waals surface area contributed by atoms with Crippen LogP contribution in [0.3, 0.4) is 0 Å². The smallest absolute Gasteiger partial charge is 0.306 e. The molecule has 2 heterocycles. The molecule has 218 valence electrons. The third-order valence-electron chi connectivity index (χ3n) is 8.49. The molecular weight excluding hydrogens is 530 g/mol. The lowest BCUT2D eigenvalue weighted by molar-refractivity contribution is -0.178. The van der Waals surface area contributed by atoms with E-state index in [0.717, 1.165) is 17.5 Å². The van der Waals surface area contributed by atoms with Crippen LogP contribution in [-0.4, -0.2) is 68.6 Å². The second-order valence-corrected chi connectivity index (χ2v) is 14.0. The van der Waals surface area contributed by atoms with E-state index in [4.69, 9.17) is 14.2 Å². The number of carbonyl (C=O) groups excluding carboxylic acids is 1. The first-order chi connectivity index (χ1) is 19.1. The predicted octanol–water partition coefficient (Wildman–Crippen LogP) is 3.80. The zero-order valence-corrected chi connectivity index (χ0v) is 24.3. The van der Waals surface area contributed by atoms with E-state index in [1.165, 1.54) is 4.31 Å². The number of fused-ring (bicyclic) bond motifs is 1. The van der Waals surface area contributed by atoms with E-state index in [-0.39, 0.29) is 66.4 Å². The molecule has 2 aromatic carbocycles. The Hall–Kier alpha value is -2.30. The standard InChI is InChI=1S/C31H41NO7S/c1-20(2)16-32(40(35,36)25-11-9-21(3)10-12-25)17-28(33)23(13-22-7-5-4-6-8-22)15-29(34)39-30-24-14-26-27(30)19-38-31(26)37-18-24/h4-12,20,23-24,26-28,30-31,33H,13-19H2,1-3H3/t23-,24?,26?,27?,28-,30?,31?/m1/s1. The minimum Gasteiger partial charge on any atom is -0.462 e. The molecule has 2 aromatic rings. The van der Waals surface area contributed by atoms with E-state index in [2.05, 4.69) is 0 Å². The van der Waals surface area contributed by atoms with Crippen LogP contribution >= 0.6 is 0 Å². The second kappa shape index (κ2) is 12.3. The highest BCUT2D eigenvalue weighted by atomic mass is 32.2. The molecule has 2 aliphatic heterocycles. The number of benzene rings is 2. The summed E-state index contributed by atoms with van der Waals surface area (Å²) in [4.78, 5) is 13.5. The summed E-state index contributed by atoms with van der Waals surface area (Å²) in [6.45, 7) is 6.99. The highest BCUT2D eigenvalue weighted by molar-refractivity contribution is 7.89. The van der Waals surface area contributed by atoms with Gasteiger partial charge in [0.05, 0.1) is 30.6 Å². The van der Waals surface area contributed by atoms with Crippen molar-refractivity contribution in [2.24, 2.45) is 29.6 Å². The number of esters is 1. The molecule has 0 amide bonds. The van der Waals surface area contributed by atoms with Crippen molar-refractivity contribution in [2.45, 2.75) is 63.4 Å². The molecule has 3 fully saturated rings. The molecule has 8 nitrogen and oxygen atoms in total. The summed E-state index contributed by atoms with van der Waals surface area (Å²) in [5, 5.41) is 11.5. The van der Waals surface area contributed by atoms with Crippen LogP contribution in [0.15, 0.2) is 59.5 Å². The van der Waals surface area contributed by atoms with E-state index < -0.39 is 22.0 Å². The van der Waals surface area contributed by atoms with E-state index in [9.17, 15) is 18.3 Å². The number of sulfonamides is 1. The number of rotatable bonds is 12. The Morgan fingerprint density at radius 1 is 1.02 bits per heavy atom. The predicted molar refractivity (Wildman–Crippen MR) is 150 cm³/mol. The third kappa shape index (κ3) is 6.44. The van der Waals surface area contributed by atoms with Crippen molar-refractivity contribution in [2.75, 3.05) is 26.3 Å². The lowest BCUT2D eigenvalue weighted by atomic mass is 9.90. The molecule has 0 spiro atoms. The number of nitrogens with zero attached hydrogens (tertiary/aromatic N) is 1. The highest BCUT2D eigenvalue weighted by Crippen LogP contribution is 2.49. The van der Waals surface area contributed by atoms with Gasteiger partial charge in [0, 0.05) is 36.8 Å². The minimum atomic E-state index is -3.85. The Bertz CT molecular complexity index is 1250. The average Bonchev–Trinajstić information content (AvgIpc) is 3.45. The molecule has 7 atom stereocenters. The van der Waals surface area contributed by atoms with Crippen LogP contribution in [0.4, 0.5) is 0 Å². The zero-order valence-electron chi connectivity index (χ0n) is 23.5. The maximum Gasteiger partial charge on any atom is 0.306 e. The first-order valence-electron chi connectivity index (χ1n) is 14.3. The summed E-state index contributed by atoms with van der Waals surface area (Å²) >= 11 is 0. The van der Waals surface area contributed by atoms with Gasteiger partial charge in [-0.25, -0.2) is 8.42 Å². The lowest BCUT2D eigenvalue weighted by Gasteiger charge is -2.31. The van der Waals surface area contributed by atoms with Crippen LogP contribution in [0.25, 0.3) is 0 Å². The Kier molecular flexibility index (Phi) is 8.97. The first kappa shape index (κ1) is 29.2. The summed E-state index contributed by atoms with van der Waals surface area (Å²) in [7, 11) is -3.85. The van der Waals surface area contributed by atoms with Crippen molar-refractivity contribution in [1.82, 2.24) is 4.31 Å². The Morgan fingerprint density at radius 3 is 2.42 bits per heavy atom. The van der Waals surface area contributed by atoms with Gasteiger partial charge in [-0.05, 0) is 43.4 Å². The van der Waals surface area contributed by atoms with Gasteiger partial charge in [0.25, 0.3) is 0 Å². The molecule has 5 rings (SSSR count). The van der Waals surface area contributed by atoms with E-state index in [0.29, 0.717) is 19.6 Å². The van der Waals surface area contributed by atoms with Crippen LogP contribution in [0.2, 0.25) is 0 Å². The molecule has 9 heteroatoms. The van der Waals surface area contributed by atoms with E-state index in [1.54, 1.807) is 24.3 Å². The van der Waals surface area contributed by atoms with Crippen LogP contribution in [0, 0.1) is 36.5 Å². The normalized spacial score (nSPS) is 27.2. The monoisotopic (exact) mass is 571 g/mol. The fourth-order valence-corrected chi connectivity index (χ4v) is 8.04. The van der Waals surface area contributed by atoms with Crippen molar-refractivity contribution in [1.29, 1.82) is 0 Å². The number of carbonyl (C=O) groups is 1. The molecule has 0 radical (unpaired) electrons. The number of hydrogen-bond acceptors (Lipinski definition) is 7. The van der Waals surface area contributed by atoms with Crippen LogP contribution in [0.5, 0.6) is 0 Å². The van der Waals surface area contributed by atoms with Gasteiger partial charge in [-0.15, -0.1) is 0 Å². The van der Waals surface area contributed by atoms with Gasteiger partial charge in [0.15, 0.2) is 6.29 Å². The zero-order chi connectivity index (χ0) is 28.4. The molecule has 1 aliphatic carbocycles. The summed E-state index contributed by atoms with van der Waals surface area (Å²) in [6.07, 6.45) is -0.172. The first-order valence-corrected chi connectivity index (χ1v) is 15.8. The van der Waals surface area contributed by atoms with Crippen molar-refractivity contribution in [3.05, 3.63) is 65.7 Å². The Labute approximate surface area is 237 Å². The Morgan fingerprint density at radius 2 is 1.73 bits per heavy atom. The largest absolute Gasteiger partial charge is 0.462 e. The van der Waals surface area contributed by atoms with Gasteiger partial charge in [-0.1, -0.05) is 61.9 Å². The molecule has 5 unspecified atom stereocenters. The van der Waals surface area contributed by atoms with Crippen molar-refractivity contribution < 1.29 is 32.5 Å². The molecule has 1 saturated carbocycles. The minimum absolute atomic E-state index is 0.0120. The third-order valence-corrected chi connectivity index (χ3v) is 10.3. The lowest BCUT2D eigenvalue weighted by Crippen LogP contribution is -2.43.